The van der Waals surface area contributed by atoms with E-state index in [-0.39, 0.29) is 12.3 Å². The second kappa shape index (κ2) is 5.37. The lowest BCUT2D eigenvalue weighted by Crippen LogP contribution is -2.24. The SMILES string of the molecule is C=CCOc1ncnc2c1C2(P)OC[C@@H]1CC[C@H](N)O1. The third-order valence-electron chi connectivity index (χ3n) is 3.45. The first-order chi connectivity index (χ1) is 9.65. The van der Waals surface area contributed by atoms with E-state index >= 15 is 0 Å². The van der Waals surface area contributed by atoms with E-state index in [9.17, 15) is 0 Å². The Labute approximate surface area is 119 Å². The van der Waals surface area contributed by atoms with Gasteiger partial charge in [-0.05, 0) is 12.8 Å². The summed E-state index contributed by atoms with van der Waals surface area (Å²) >= 11 is 0. The van der Waals surface area contributed by atoms with Crippen LogP contribution in [0.1, 0.15) is 24.1 Å². The van der Waals surface area contributed by atoms with Crippen LogP contribution in [-0.2, 0) is 14.8 Å². The molecule has 108 valence electrons. The molecule has 2 aliphatic rings. The summed E-state index contributed by atoms with van der Waals surface area (Å²) in [6.07, 6.45) is 4.83. The molecule has 0 amide bonds. The zero-order valence-corrected chi connectivity index (χ0v) is 12.3. The van der Waals surface area contributed by atoms with Gasteiger partial charge in [0.05, 0.1) is 24.0 Å². The lowest BCUT2D eigenvalue weighted by atomic mass is 10.2. The first-order valence-electron chi connectivity index (χ1n) is 6.58. The van der Waals surface area contributed by atoms with Gasteiger partial charge >= 0.3 is 0 Å². The molecule has 20 heavy (non-hydrogen) atoms. The van der Waals surface area contributed by atoms with Crippen molar-refractivity contribution in [2.24, 2.45) is 5.73 Å². The van der Waals surface area contributed by atoms with Crippen LogP contribution in [0.2, 0.25) is 0 Å². The largest absolute Gasteiger partial charge is 0.473 e. The van der Waals surface area contributed by atoms with Gasteiger partial charge in [-0.25, -0.2) is 9.97 Å². The number of nitrogens with zero attached hydrogens (tertiary/aromatic N) is 2. The van der Waals surface area contributed by atoms with Gasteiger partial charge in [0, 0.05) is 0 Å². The minimum Gasteiger partial charge on any atom is -0.473 e. The number of hydrogen-bond acceptors (Lipinski definition) is 6. The zero-order valence-electron chi connectivity index (χ0n) is 11.1. The summed E-state index contributed by atoms with van der Waals surface area (Å²) in [5.41, 5.74) is 7.44. The van der Waals surface area contributed by atoms with E-state index in [1.807, 2.05) is 0 Å². The molecule has 1 saturated heterocycles. The smallest absolute Gasteiger partial charge is 0.224 e. The number of rotatable bonds is 6. The first-order valence-corrected chi connectivity index (χ1v) is 7.16. The lowest BCUT2D eigenvalue weighted by Gasteiger charge is -2.16. The fraction of sp³-hybridized carbons (Fsp3) is 0.538. The van der Waals surface area contributed by atoms with Crippen LogP contribution in [0.25, 0.3) is 0 Å². The van der Waals surface area contributed by atoms with Gasteiger partial charge in [0.15, 0.2) is 5.34 Å². The maximum absolute atomic E-state index is 5.94. The summed E-state index contributed by atoms with van der Waals surface area (Å²) in [6.45, 7) is 4.51. The molecule has 7 heteroatoms. The van der Waals surface area contributed by atoms with Crippen LogP contribution in [-0.4, -0.2) is 35.5 Å². The molecule has 2 heterocycles. The molecule has 4 atom stereocenters. The van der Waals surface area contributed by atoms with E-state index in [2.05, 4.69) is 25.8 Å². The molecule has 1 fully saturated rings. The first kappa shape index (κ1) is 13.9. The number of hydrogen-bond donors (Lipinski definition) is 1. The Balaban J connectivity index is 1.63. The van der Waals surface area contributed by atoms with Crippen molar-refractivity contribution < 1.29 is 14.2 Å². The highest BCUT2D eigenvalue weighted by atomic mass is 31.0. The summed E-state index contributed by atoms with van der Waals surface area (Å²) in [4.78, 5) is 8.36. The fourth-order valence-electron chi connectivity index (χ4n) is 2.36. The van der Waals surface area contributed by atoms with Gasteiger partial charge in [0.1, 0.15) is 19.2 Å². The van der Waals surface area contributed by atoms with Crippen molar-refractivity contribution in [1.82, 2.24) is 9.97 Å². The van der Waals surface area contributed by atoms with E-state index in [0.29, 0.717) is 19.1 Å². The van der Waals surface area contributed by atoms with Crippen LogP contribution in [0.15, 0.2) is 19.0 Å². The topological polar surface area (TPSA) is 79.5 Å². The molecule has 2 N–H and O–H groups in total. The second-order valence-electron chi connectivity index (χ2n) is 4.92. The molecule has 0 saturated carbocycles. The maximum atomic E-state index is 5.94. The number of fused-ring (bicyclic) bond motifs is 1. The van der Waals surface area contributed by atoms with Gasteiger partial charge in [-0.15, -0.1) is 0 Å². The van der Waals surface area contributed by atoms with Crippen LogP contribution in [0.4, 0.5) is 0 Å². The third-order valence-corrected chi connectivity index (χ3v) is 4.18. The third kappa shape index (κ3) is 2.44. The normalized spacial score (nSPS) is 30.9. The Morgan fingerprint density at radius 3 is 3.10 bits per heavy atom. The molecule has 0 bridgehead atoms. The predicted octanol–water partition coefficient (Wildman–Crippen LogP) is 0.911. The quantitative estimate of drug-likeness (QED) is 0.621. The van der Waals surface area contributed by atoms with Crippen LogP contribution in [0, 0.1) is 0 Å². The molecule has 2 unspecified atom stereocenters. The Morgan fingerprint density at radius 1 is 1.55 bits per heavy atom. The minimum atomic E-state index is -0.594. The van der Waals surface area contributed by atoms with E-state index in [1.165, 1.54) is 6.33 Å². The summed E-state index contributed by atoms with van der Waals surface area (Å²) in [6, 6.07) is 0. The van der Waals surface area contributed by atoms with E-state index < -0.39 is 5.34 Å². The molecular weight excluding hydrogens is 277 g/mol. The Hall–Kier alpha value is -1.07. The maximum Gasteiger partial charge on any atom is 0.224 e. The standard InChI is InChI=1S/C13H18N3O3P/c1-2-5-17-12-10-11(15-7-16-12)13(10,20)18-6-8-3-4-9(14)19-8/h2,7-9H,1,3-6,14,20H2/t8-,9+,13?/m0/s1. The summed E-state index contributed by atoms with van der Waals surface area (Å²) in [5, 5.41) is -0.594. The van der Waals surface area contributed by atoms with Crippen molar-refractivity contribution in [1.29, 1.82) is 0 Å². The highest BCUT2D eigenvalue weighted by molar-refractivity contribution is 7.19. The molecule has 1 aromatic rings. The highest BCUT2D eigenvalue weighted by Crippen LogP contribution is 2.58. The van der Waals surface area contributed by atoms with Gasteiger partial charge < -0.3 is 19.9 Å². The van der Waals surface area contributed by atoms with Gasteiger partial charge in [-0.2, -0.15) is 0 Å². The Kier molecular flexibility index (Phi) is 3.73. The van der Waals surface area contributed by atoms with E-state index in [4.69, 9.17) is 19.9 Å². The minimum absolute atomic E-state index is 0.0461. The summed E-state index contributed by atoms with van der Waals surface area (Å²) < 4.78 is 17.0. The molecule has 1 aromatic heterocycles. The van der Waals surface area contributed by atoms with Crippen LogP contribution < -0.4 is 10.5 Å². The van der Waals surface area contributed by atoms with Crippen LogP contribution in [0.3, 0.4) is 0 Å². The van der Waals surface area contributed by atoms with Gasteiger partial charge in [-0.1, -0.05) is 21.9 Å². The Morgan fingerprint density at radius 2 is 2.40 bits per heavy atom. The molecule has 1 aliphatic carbocycles. The van der Waals surface area contributed by atoms with Crippen molar-refractivity contribution in [3.05, 3.63) is 30.2 Å². The number of aromatic nitrogens is 2. The number of nitrogens with two attached hydrogens (primary N) is 1. The van der Waals surface area contributed by atoms with Crippen molar-refractivity contribution in [2.75, 3.05) is 13.2 Å². The van der Waals surface area contributed by atoms with Crippen molar-refractivity contribution in [2.45, 2.75) is 30.5 Å². The fourth-order valence-corrected chi connectivity index (χ4v) is 2.86. The molecule has 0 radical (unpaired) electrons. The predicted molar refractivity (Wildman–Crippen MR) is 76.2 cm³/mol. The van der Waals surface area contributed by atoms with Crippen molar-refractivity contribution in [3.8, 4) is 5.88 Å². The van der Waals surface area contributed by atoms with Crippen LogP contribution in [0.5, 0.6) is 5.88 Å². The molecular formula is C13H18N3O3P. The lowest BCUT2D eigenvalue weighted by molar-refractivity contribution is -0.0308. The van der Waals surface area contributed by atoms with Crippen LogP contribution >= 0.6 is 9.24 Å². The molecule has 1 aliphatic heterocycles. The average Bonchev–Trinajstić information content (AvgIpc) is 2.83. The van der Waals surface area contributed by atoms with Gasteiger partial charge in [0.25, 0.3) is 0 Å². The molecule has 0 spiro atoms. The van der Waals surface area contributed by atoms with Crippen molar-refractivity contribution in [3.63, 3.8) is 0 Å². The molecule has 0 aromatic carbocycles. The van der Waals surface area contributed by atoms with Crippen molar-refractivity contribution >= 4 is 9.24 Å². The average molecular weight is 295 g/mol. The highest BCUT2D eigenvalue weighted by Gasteiger charge is 2.54. The molecule has 3 rings (SSSR count). The van der Waals surface area contributed by atoms with E-state index in [0.717, 1.165) is 24.1 Å². The summed E-state index contributed by atoms with van der Waals surface area (Å²) in [7, 11) is 2.68. The van der Waals surface area contributed by atoms with E-state index in [1.54, 1.807) is 6.08 Å². The zero-order chi connectivity index (χ0) is 14.2. The molecule has 6 nitrogen and oxygen atoms in total. The summed E-state index contributed by atoms with van der Waals surface area (Å²) in [5.74, 6) is 0.550. The second-order valence-corrected chi connectivity index (χ2v) is 5.74. The van der Waals surface area contributed by atoms with Gasteiger partial charge in [-0.3, -0.25) is 0 Å². The monoisotopic (exact) mass is 295 g/mol. The number of ether oxygens (including phenoxy) is 3. The van der Waals surface area contributed by atoms with Gasteiger partial charge in [0.2, 0.25) is 5.88 Å². The Bertz CT molecular complexity index is 528.